The zero-order valence-corrected chi connectivity index (χ0v) is 16.7. The number of aryl methyl sites for hydroxylation is 2. The lowest BCUT2D eigenvalue weighted by Crippen LogP contribution is -2.07. The summed E-state index contributed by atoms with van der Waals surface area (Å²) in [6, 6.07) is 14.3. The summed E-state index contributed by atoms with van der Waals surface area (Å²) < 4.78 is 5.90. The van der Waals surface area contributed by atoms with Crippen molar-refractivity contribution in [3.63, 3.8) is 0 Å². The van der Waals surface area contributed by atoms with Crippen LogP contribution in [0.5, 0.6) is 11.6 Å². The first-order valence-electron chi connectivity index (χ1n) is 9.14. The third-order valence-electron chi connectivity index (χ3n) is 4.29. The Kier molecular flexibility index (Phi) is 6.24. The number of hydrogen-bond acceptors (Lipinski definition) is 7. The van der Waals surface area contributed by atoms with E-state index in [1.165, 1.54) is 12.3 Å². The van der Waals surface area contributed by atoms with Gasteiger partial charge >= 0.3 is 5.97 Å². The van der Waals surface area contributed by atoms with Crippen molar-refractivity contribution in [2.75, 3.05) is 5.32 Å². The Balaban J connectivity index is 1.95. The van der Waals surface area contributed by atoms with Gasteiger partial charge < -0.3 is 15.2 Å². The quantitative estimate of drug-likeness (QED) is 0.556. The van der Waals surface area contributed by atoms with E-state index in [2.05, 4.69) is 15.3 Å². The Bertz CT molecular complexity index is 1230. The normalized spacial score (nSPS) is 10.3. The molecule has 0 aliphatic heterocycles. The van der Waals surface area contributed by atoms with Crippen LogP contribution < -0.4 is 10.1 Å². The Morgan fingerprint density at radius 1 is 1.16 bits per heavy atom. The molecule has 0 aliphatic carbocycles. The van der Waals surface area contributed by atoms with Crippen LogP contribution in [0, 0.1) is 36.5 Å². The molecule has 3 rings (SSSR count). The number of rotatable bonds is 6. The second-order valence-corrected chi connectivity index (χ2v) is 6.58. The maximum Gasteiger partial charge on any atom is 0.342 e. The van der Waals surface area contributed by atoms with Crippen molar-refractivity contribution in [2.45, 2.75) is 13.8 Å². The highest BCUT2D eigenvalue weighted by Crippen LogP contribution is 2.32. The predicted molar refractivity (Wildman–Crippen MR) is 114 cm³/mol. The summed E-state index contributed by atoms with van der Waals surface area (Å²) in [6.07, 6.45) is 4.23. The second-order valence-electron chi connectivity index (χ2n) is 6.58. The van der Waals surface area contributed by atoms with Gasteiger partial charge in [-0.2, -0.15) is 15.5 Å². The van der Waals surface area contributed by atoms with Gasteiger partial charge in [0.1, 0.15) is 11.3 Å². The van der Waals surface area contributed by atoms with Crippen LogP contribution in [0.3, 0.4) is 0 Å². The molecule has 0 aliphatic rings. The number of hydrogen-bond donors (Lipinski definition) is 2. The van der Waals surface area contributed by atoms with Gasteiger partial charge in [-0.3, -0.25) is 0 Å². The van der Waals surface area contributed by atoms with Crippen molar-refractivity contribution >= 4 is 23.7 Å². The minimum atomic E-state index is -1.22. The van der Waals surface area contributed by atoms with E-state index in [1.54, 1.807) is 30.3 Å². The number of nitrogens with zero attached hydrogens (tertiary/aromatic N) is 4. The van der Waals surface area contributed by atoms with Gasteiger partial charge in [-0.1, -0.05) is 0 Å². The first-order chi connectivity index (χ1) is 14.9. The molecule has 1 aromatic heterocycles. The number of carboxylic acid groups (broad SMARTS) is 1. The summed E-state index contributed by atoms with van der Waals surface area (Å²) >= 11 is 0. The van der Waals surface area contributed by atoms with Crippen LogP contribution in [0.1, 0.15) is 32.6 Å². The number of anilines is 2. The zero-order valence-electron chi connectivity index (χ0n) is 16.7. The van der Waals surface area contributed by atoms with Crippen LogP contribution in [0.15, 0.2) is 48.7 Å². The van der Waals surface area contributed by atoms with Gasteiger partial charge in [0.05, 0.1) is 23.9 Å². The Morgan fingerprint density at radius 3 is 2.42 bits per heavy atom. The molecule has 31 heavy (non-hydrogen) atoms. The van der Waals surface area contributed by atoms with Crippen LogP contribution in [-0.4, -0.2) is 21.0 Å². The summed E-state index contributed by atoms with van der Waals surface area (Å²) in [7, 11) is 0. The van der Waals surface area contributed by atoms with Gasteiger partial charge in [-0.25, -0.2) is 9.78 Å². The molecule has 2 aromatic carbocycles. The minimum Gasteiger partial charge on any atom is -0.477 e. The van der Waals surface area contributed by atoms with Crippen molar-refractivity contribution in [2.24, 2.45) is 0 Å². The van der Waals surface area contributed by atoms with Crippen LogP contribution in [-0.2, 0) is 0 Å². The molecule has 0 atom stereocenters. The Labute approximate surface area is 178 Å². The number of allylic oxidation sites excluding steroid dienone is 1. The molecule has 0 unspecified atom stereocenters. The molecule has 8 heteroatoms. The molecule has 152 valence electrons. The first kappa shape index (κ1) is 21.0. The molecular weight excluding hydrogens is 394 g/mol. The molecule has 0 bridgehead atoms. The van der Waals surface area contributed by atoms with E-state index in [0.717, 1.165) is 16.7 Å². The van der Waals surface area contributed by atoms with E-state index in [1.807, 2.05) is 38.1 Å². The second kappa shape index (κ2) is 9.21. The number of ether oxygens (including phenoxy) is 1. The molecule has 2 N–H and O–H groups in total. The average Bonchev–Trinajstić information content (AvgIpc) is 2.75. The molecular formula is C23H17N5O3. The van der Waals surface area contributed by atoms with Crippen molar-refractivity contribution in [1.82, 2.24) is 9.97 Å². The van der Waals surface area contributed by atoms with Crippen LogP contribution in [0.2, 0.25) is 0 Å². The highest BCUT2D eigenvalue weighted by Gasteiger charge is 2.18. The summed E-state index contributed by atoms with van der Waals surface area (Å²) in [5.74, 6) is -0.706. The topological polar surface area (TPSA) is 132 Å². The van der Waals surface area contributed by atoms with Crippen LogP contribution in [0.25, 0.3) is 6.08 Å². The van der Waals surface area contributed by atoms with Gasteiger partial charge in [-0.15, -0.1) is 0 Å². The van der Waals surface area contributed by atoms with Gasteiger partial charge in [0.15, 0.2) is 0 Å². The van der Waals surface area contributed by atoms with Crippen molar-refractivity contribution < 1.29 is 14.6 Å². The zero-order chi connectivity index (χ0) is 22.4. The molecule has 0 spiro atoms. The van der Waals surface area contributed by atoms with Crippen LogP contribution in [0.4, 0.5) is 11.6 Å². The number of carbonyl (C=O) groups is 1. The Hall–Kier alpha value is -4.69. The summed E-state index contributed by atoms with van der Waals surface area (Å²) in [4.78, 5) is 19.9. The molecule has 0 amide bonds. The first-order valence-corrected chi connectivity index (χ1v) is 9.14. The van der Waals surface area contributed by atoms with E-state index in [0.29, 0.717) is 17.0 Å². The molecule has 0 saturated heterocycles. The maximum absolute atomic E-state index is 11.6. The smallest absolute Gasteiger partial charge is 0.342 e. The fourth-order valence-electron chi connectivity index (χ4n) is 2.88. The predicted octanol–water partition coefficient (Wildman–Crippen LogP) is 4.74. The SMILES string of the molecule is Cc1cc(/C=C/C#N)cc(C)c1Oc1nc(Nc2ccc(C#N)cc2)ncc1C(=O)O. The van der Waals surface area contributed by atoms with Crippen LogP contribution >= 0.6 is 0 Å². The summed E-state index contributed by atoms with van der Waals surface area (Å²) in [5, 5.41) is 30.1. The van der Waals surface area contributed by atoms with Gasteiger partial charge in [0, 0.05) is 11.8 Å². The molecule has 0 saturated carbocycles. The number of nitrogens with one attached hydrogen (secondary N) is 1. The number of carboxylic acids is 1. The molecule has 1 heterocycles. The Morgan fingerprint density at radius 2 is 1.84 bits per heavy atom. The number of nitriles is 2. The van der Waals surface area contributed by atoms with Crippen molar-refractivity contribution in [3.8, 4) is 23.8 Å². The summed E-state index contributed by atoms with van der Waals surface area (Å²) in [6.45, 7) is 3.65. The monoisotopic (exact) mass is 411 g/mol. The van der Waals surface area contributed by atoms with Gasteiger partial charge in [-0.05, 0) is 73.0 Å². The molecule has 3 aromatic rings. The van der Waals surface area contributed by atoms with Crippen molar-refractivity contribution in [1.29, 1.82) is 10.5 Å². The van der Waals surface area contributed by atoms with E-state index >= 15 is 0 Å². The van der Waals surface area contributed by atoms with E-state index < -0.39 is 5.97 Å². The lowest BCUT2D eigenvalue weighted by molar-refractivity contribution is 0.0693. The van der Waals surface area contributed by atoms with E-state index in [-0.39, 0.29) is 17.4 Å². The molecule has 8 nitrogen and oxygen atoms in total. The molecule has 0 fully saturated rings. The fraction of sp³-hybridized carbons (Fsp3) is 0.0870. The van der Waals surface area contributed by atoms with Gasteiger partial charge in [0.2, 0.25) is 11.8 Å². The minimum absolute atomic E-state index is 0.106. The highest BCUT2D eigenvalue weighted by atomic mass is 16.5. The fourth-order valence-corrected chi connectivity index (χ4v) is 2.88. The number of aromatic carboxylic acids is 1. The lowest BCUT2D eigenvalue weighted by atomic mass is 10.1. The standard InChI is InChI=1S/C23H17N5O3/c1-14-10-17(4-3-9-24)11-15(2)20(14)31-21-19(22(29)30)13-26-23(28-21)27-18-7-5-16(12-25)6-8-18/h3-8,10-11,13H,1-2H3,(H,29,30)(H,26,27,28)/b4-3+. The van der Waals surface area contributed by atoms with Crippen molar-refractivity contribution in [3.05, 3.63) is 76.5 Å². The maximum atomic E-state index is 11.6. The third-order valence-corrected chi connectivity index (χ3v) is 4.29. The number of benzene rings is 2. The largest absolute Gasteiger partial charge is 0.477 e. The number of aromatic nitrogens is 2. The summed E-state index contributed by atoms with van der Waals surface area (Å²) in [5.41, 5.74) is 3.30. The van der Waals surface area contributed by atoms with E-state index in [9.17, 15) is 9.90 Å². The average molecular weight is 411 g/mol. The molecule has 0 radical (unpaired) electrons. The third kappa shape index (κ3) is 5.03. The lowest BCUT2D eigenvalue weighted by Gasteiger charge is -2.14. The highest BCUT2D eigenvalue weighted by molar-refractivity contribution is 5.90. The van der Waals surface area contributed by atoms with E-state index in [4.69, 9.17) is 15.3 Å². The van der Waals surface area contributed by atoms with Gasteiger partial charge in [0.25, 0.3) is 0 Å².